The molecule has 0 unspecified atom stereocenters. The monoisotopic (exact) mass is 470 g/mol. The first kappa shape index (κ1) is 20.9. The van der Waals surface area contributed by atoms with Crippen molar-refractivity contribution in [1.82, 2.24) is 9.97 Å². The molecule has 0 fully saturated rings. The Bertz CT molecular complexity index is 1930. The molecular weight excluding hydrogens is 452 g/mol. The third-order valence-electron chi connectivity index (χ3n) is 6.46. The van der Waals surface area contributed by atoms with E-state index in [2.05, 4.69) is 94.3 Å². The fourth-order valence-electron chi connectivity index (χ4n) is 4.81. The molecule has 170 valence electrons. The van der Waals surface area contributed by atoms with Crippen LogP contribution in [0.4, 0.5) is 0 Å². The molecular formula is C34H18N2O. The Balaban J connectivity index is 1.60. The van der Waals surface area contributed by atoms with Gasteiger partial charge in [0.1, 0.15) is 0 Å². The molecule has 37 heavy (non-hydrogen) atoms. The first-order valence-corrected chi connectivity index (χ1v) is 12.0. The van der Waals surface area contributed by atoms with Crippen LogP contribution in [0.2, 0.25) is 0 Å². The van der Waals surface area contributed by atoms with Crippen molar-refractivity contribution in [2.24, 2.45) is 0 Å². The van der Waals surface area contributed by atoms with E-state index in [4.69, 9.17) is 4.42 Å². The summed E-state index contributed by atoms with van der Waals surface area (Å²) in [5, 5.41) is 6.61. The minimum Gasteiger partial charge on any atom is -0.453 e. The van der Waals surface area contributed by atoms with Gasteiger partial charge in [-0.3, -0.25) is 9.97 Å². The summed E-state index contributed by atoms with van der Waals surface area (Å²) in [4.78, 5) is 8.38. The van der Waals surface area contributed by atoms with Gasteiger partial charge >= 0.3 is 0 Å². The maximum atomic E-state index is 6.67. The van der Waals surface area contributed by atoms with Gasteiger partial charge in [-0.2, -0.15) is 0 Å². The lowest BCUT2D eigenvalue weighted by atomic mass is 9.96. The van der Waals surface area contributed by atoms with E-state index in [-0.39, 0.29) is 0 Å². The van der Waals surface area contributed by atoms with E-state index in [1.54, 1.807) is 24.8 Å². The highest BCUT2D eigenvalue weighted by Crippen LogP contribution is 2.41. The molecule has 3 aromatic heterocycles. The number of benzene rings is 4. The molecule has 7 aromatic rings. The molecule has 4 aromatic carbocycles. The van der Waals surface area contributed by atoms with Crippen molar-refractivity contribution in [2.75, 3.05) is 0 Å². The summed E-state index contributed by atoms with van der Waals surface area (Å²) in [7, 11) is 0. The first-order chi connectivity index (χ1) is 18.3. The van der Waals surface area contributed by atoms with Gasteiger partial charge in [0.05, 0.1) is 11.1 Å². The van der Waals surface area contributed by atoms with Gasteiger partial charge in [0.15, 0.2) is 11.2 Å². The molecule has 0 aliphatic carbocycles. The number of fused-ring (bicyclic) bond motifs is 7. The Morgan fingerprint density at radius 2 is 1.00 bits per heavy atom. The molecule has 0 atom stereocenters. The third-order valence-corrected chi connectivity index (χ3v) is 6.46. The fraction of sp³-hybridized carbons (Fsp3) is 0. The van der Waals surface area contributed by atoms with Gasteiger partial charge in [-0.15, -0.1) is 0 Å². The Kier molecular flexibility index (Phi) is 4.92. The number of nitrogens with zero attached hydrogens (tertiary/aromatic N) is 2. The number of hydrogen-bond donors (Lipinski definition) is 0. The van der Waals surface area contributed by atoms with Crippen LogP contribution in [0.3, 0.4) is 0 Å². The fourth-order valence-corrected chi connectivity index (χ4v) is 4.81. The lowest BCUT2D eigenvalue weighted by Crippen LogP contribution is -1.83. The molecule has 0 aliphatic heterocycles. The van der Waals surface area contributed by atoms with Crippen molar-refractivity contribution < 1.29 is 4.42 Å². The summed E-state index contributed by atoms with van der Waals surface area (Å²) >= 11 is 0. The Morgan fingerprint density at radius 3 is 1.46 bits per heavy atom. The quantitative estimate of drug-likeness (QED) is 0.216. The summed E-state index contributed by atoms with van der Waals surface area (Å²) in [5.41, 5.74) is 4.92. The zero-order valence-electron chi connectivity index (χ0n) is 19.7. The summed E-state index contributed by atoms with van der Waals surface area (Å²) < 4.78 is 6.67. The van der Waals surface area contributed by atoms with Crippen LogP contribution in [-0.2, 0) is 0 Å². The lowest BCUT2D eigenvalue weighted by molar-refractivity contribution is 0.667. The van der Waals surface area contributed by atoms with E-state index in [0.717, 1.165) is 65.7 Å². The van der Waals surface area contributed by atoms with Crippen molar-refractivity contribution in [3.63, 3.8) is 0 Å². The smallest absolute Gasteiger partial charge is 0.151 e. The van der Waals surface area contributed by atoms with Gasteiger partial charge in [0.25, 0.3) is 0 Å². The van der Waals surface area contributed by atoms with E-state index in [1.807, 2.05) is 24.3 Å². The van der Waals surface area contributed by atoms with E-state index in [9.17, 15) is 0 Å². The standard InChI is InChI=1S/C34H18N2O/c1-3-11-29-25(9-1)19-27(15-13-23-7-5-17-35-21-23)33-31(29)32-30-12-4-2-10-26(30)20-28(34(32)37-33)16-14-24-8-6-18-36-22-24/h1-12,17-22H. The van der Waals surface area contributed by atoms with Gasteiger partial charge in [-0.05, 0) is 57.9 Å². The van der Waals surface area contributed by atoms with Crippen LogP contribution in [0.25, 0.3) is 43.5 Å². The van der Waals surface area contributed by atoms with Gasteiger partial charge in [0, 0.05) is 46.7 Å². The Hall–Kier alpha value is -5.38. The van der Waals surface area contributed by atoms with E-state index in [1.165, 1.54) is 0 Å². The molecule has 0 saturated carbocycles. The van der Waals surface area contributed by atoms with Gasteiger partial charge < -0.3 is 4.42 Å². The van der Waals surface area contributed by atoms with Crippen molar-refractivity contribution in [3.05, 3.63) is 132 Å². The third kappa shape index (κ3) is 3.67. The van der Waals surface area contributed by atoms with E-state index >= 15 is 0 Å². The average molecular weight is 471 g/mol. The van der Waals surface area contributed by atoms with E-state index in [0.29, 0.717) is 0 Å². The summed E-state index contributed by atoms with van der Waals surface area (Å²) in [5.74, 6) is 13.2. The van der Waals surface area contributed by atoms with Gasteiger partial charge in [-0.25, -0.2) is 0 Å². The predicted octanol–water partition coefficient (Wildman–Crippen LogP) is 7.48. The number of aromatic nitrogens is 2. The highest BCUT2D eigenvalue weighted by Gasteiger charge is 2.19. The van der Waals surface area contributed by atoms with Crippen molar-refractivity contribution in [1.29, 1.82) is 0 Å². The largest absolute Gasteiger partial charge is 0.453 e. The van der Waals surface area contributed by atoms with E-state index < -0.39 is 0 Å². The first-order valence-electron chi connectivity index (χ1n) is 12.0. The van der Waals surface area contributed by atoms with Crippen LogP contribution in [0.1, 0.15) is 22.3 Å². The van der Waals surface area contributed by atoms with Gasteiger partial charge in [0.2, 0.25) is 0 Å². The molecule has 3 heterocycles. The van der Waals surface area contributed by atoms with Crippen molar-refractivity contribution in [2.45, 2.75) is 0 Å². The molecule has 3 heteroatoms. The molecule has 0 radical (unpaired) electrons. The van der Waals surface area contributed by atoms with Crippen molar-refractivity contribution in [3.8, 4) is 23.7 Å². The summed E-state index contributed by atoms with van der Waals surface area (Å²) in [6.45, 7) is 0. The zero-order chi connectivity index (χ0) is 24.6. The zero-order valence-corrected chi connectivity index (χ0v) is 19.7. The second kappa shape index (κ2) is 8.68. The topological polar surface area (TPSA) is 38.9 Å². The lowest BCUT2D eigenvalue weighted by Gasteiger charge is -2.04. The van der Waals surface area contributed by atoms with Crippen LogP contribution >= 0.6 is 0 Å². The average Bonchev–Trinajstić information content (AvgIpc) is 3.37. The minimum absolute atomic E-state index is 0.769. The maximum Gasteiger partial charge on any atom is 0.151 e. The predicted molar refractivity (Wildman–Crippen MR) is 149 cm³/mol. The second-order valence-electron chi connectivity index (χ2n) is 8.78. The number of pyridine rings is 2. The van der Waals surface area contributed by atoms with Crippen LogP contribution in [-0.4, -0.2) is 9.97 Å². The van der Waals surface area contributed by atoms with Crippen LogP contribution in [0, 0.1) is 23.7 Å². The van der Waals surface area contributed by atoms with Crippen LogP contribution in [0.5, 0.6) is 0 Å². The minimum atomic E-state index is 0.769. The number of rotatable bonds is 0. The normalized spacial score (nSPS) is 10.8. The number of hydrogen-bond acceptors (Lipinski definition) is 3. The Morgan fingerprint density at radius 1 is 0.514 bits per heavy atom. The molecule has 0 spiro atoms. The highest BCUT2D eigenvalue weighted by atomic mass is 16.3. The molecule has 0 bridgehead atoms. The maximum absolute atomic E-state index is 6.67. The number of furan rings is 1. The molecule has 7 rings (SSSR count). The SMILES string of the molecule is C(#Cc1cc2ccccc2c2c1oc1c(C#Cc3cccnc3)cc3ccccc3c12)c1cccnc1. The molecule has 0 amide bonds. The molecule has 3 nitrogen and oxygen atoms in total. The molecule has 0 saturated heterocycles. The summed E-state index contributed by atoms with van der Waals surface area (Å²) in [6.07, 6.45) is 7.03. The van der Waals surface area contributed by atoms with Gasteiger partial charge in [-0.1, -0.05) is 72.2 Å². The summed E-state index contributed by atoms with van der Waals surface area (Å²) in [6, 6.07) is 28.7. The second-order valence-corrected chi connectivity index (χ2v) is 8.78. The molecule has 0 aliphatic rings. The van der Waals surface area contributed by atoms with Crippen LogP contribution in [0.15, 0.2) is 114 Å². The van der Waals surface area contributed by atoms with Crippen LogP contribution < -0.4 is 0 Å². The highest BCUT2D eigenvalue weighted by molar-refractivity contribution is 6.28. The Labute approximate surface area is 213 Å². The molecule has 0 N–H and O–H groups in total. The van der Waals surface area contributed by atoms with Crippen molar-refractivity contribution >= 4 is 43.5 Å².